The molecule has 0 aromatic rings. The zero-order chi connectivity index (χ0) is 9.56. The second-order valence-electron chi connectivity index (χ2n) is 2.53. The first-order valence-corrected chi connectivity index (χ1v) is 4.66. The Labute approximate surface area is 78.6 Å². The zero-order valence-electron chi connectivity index (χ0n) is 7.84. The summed E-state index contributed by atoms with van der Waals surface area (Å²) in [6, 6.07) is 0.0747. The number of hydrogen-bond donors (Lipinski definition) is 0. The lowest BCUT2D eigenvalue weighted by Crippen LogP contribution is -2.38. The fourth-order valence-corrected chi connectivity index (χ4v) is 1.29. The molecule has 0 saturated heterocycles. The van der Waals surface area contributed by atoms with Crippen molar-refractivity contribution in [3.05, 3.63) is 0 Å². The van der Waals surface area contributed by atoms with Gasteiger partial charge in [-0.3, -0.25) is 0 Å². The van der Waals surface area contributed by atoms with Crippen LogP contribution in [0.3, 0.4) is 0 Å². The van der Waals surface area contributed by atoms with Crippen molar-refractivity contribution in [2.45, 2.75) is 26.3 Å². The molecule has 0 spiro atoms. The summed E-state index contributed by atoms with van der Waals surface area (Å²) in [5.74, 6) is 0.450. The van der Waals surface area contributed by atoms with Crippen LogP contribution in [-0.2, 0) is 4.74 Å². The topological polar surface area (TPSA) is 29.5 Å². The molecule has 0 rings (SSSR count). The lowest BCUT2D eigenvalue weighted by molar-refractivity contribution is 0.104. The average molecular weight is 194 g/mol. The minimum Gasteiger partial charge on any atom is -0.450 e. The van der Waals surface area contributed by atoms with Gasteiger partial charge in [-0.15, -0.1) is 11.6 Å². The first-order chi connectivity index (χ1) is 5.67. The molecular weight excluding hydrogens is 178 g/mol. The Morgan fingerprint density at radius 1 is 1.58 bits per heavy atom. The maximum atomic E-state index is 11.1. The predicted molar refractivity (Wildman–Crippen MR) is 49.6 cm³/mol. The second-order valence-corrected chi connectivity index (χ2v) is 2.83. The quantitative estimate of drug-likeness (QED) is 0.640. The molecule has 0 heterocycles. The highest BCUT2D eigenvalue weighted by Gasteiger charge is 2.17. The Morgan fingerprint density at radius 2 is 2.17 bits per heavy atom. The van der Waals surface area contributed by atoms with E-state index in [0.717, 1.165) is 6.42 Å². The Morgan fingerprint density at radius 3 is 2.50 bits per heavy atom. The molecule has 0 bridgehead atoms. The van der Waals surface area contributed by atoms with Crippen LogP contribution in [0.2, 0.25) is 0 Å². The SMILES string of the molecule is CCOC(=O)N(C)C(CC)CCl. The van der Waals surface area contributed by atoms with E-state index >= 15 is 0 Å². The fraction of sp³-hybridized carbons (Fsp3) is 0.875. The minimum atomic E-state index is -0.301. The van der Waals surface area contributed by atoms with E-state index in [0.29, 0.717) is 12.5 Å². The van der Waals surface area contributed by atoms with Gasteiger partial charge < -0.3 is 9.64 Å². The highest BCUT2D eigenvalue weighted by molar-refractivity contribution is 6.18. The van der Waals surface area contributed by atoms with Gasteiger partial charge in [0.1, 0.15) is 0 Å². The number of alkyl halides is 1. The van der Waals surface area contributed by atoms with E-state index in [1.165, 1.54) is 4.90 Å². The van der Waals surface area contributed by atoms with Crippen LogP contribution in [0.4, 0.5) is 4.79 Å². The highest BCUT2D eigenvalue weighted by Crippen LogP contribution is 2.05. The lowest BCUT2D eigenvalue weighted by Gasteiger charge is -2.24. The minimum absolute atomic E-state index is 0.0747. The molecule has 1 atom stereocenters. The standard InChI is InChI=1S/C8H16ClNO2/c1-4-7(6-9)10(3)8(11)12-5-2/h7H,4-6H2,1-3H3. The Bertz CT molecular complexity index is 137. The van der Waals surface area contributed by atoms with Crippen molar-refractivity contribution in [1.29, 1.82) is 0 Å². The fourth-order valence-electron chi connectivity index (χ4n) is 0.861. The molecule has 0 saturated carbocycles. The number of carbonyl (C=O) groups excluding carboxylic acids is 1. The molecule has 1 amide bonds. The van der Waals surface area contributed by atoms with Gasteiger partial charge in [-0.2, -0.15) is 0 Å². The van der Waals surface area contributed by atoms with Gasteiger partial charge >= 0.3 is 6.09 Å². The number of carbonyl (C=O) groups is 1. The second kappa shape index (κ2) is 6.12. The summed E-state index contributed by atoms with van der Waals surface area (Å²) in [7, 11) is 1.70. The van der Waals surface area contributed by atoms with Crippen LogP contribution in [0, 0.1) is 0 Å². The van der Waals surface area contributed by atoms with Crippen LogP contribution in [0.1, 0.15) is 20.3 Å². The third-order valence-electron chi connectivity index (χ3n) is 1.75. The van der Waals surface area contributed by atoms with E-state index in [9.17, 15) is 4.79 Å². The summed E-state index contributed by atoms with van der Waals surface area (Å²) in [5, 5.41) is 0. The molecule has 0 aromatic carbocycles. The monoisotopic (exact) mass is 193 g/mol. The van der Waals surface area contributed by atoms with Crippen molar-refractivity contribution in [2.24, 2.45) is 0 Å². The maximum Gasteiger partial charge on any atom is 0.409 e. The molecule has 3 nitrogen and oxygen atoms in total. The van der Waals surface area contributed by atoms with E-state index in [4.69, 9.17) is 16.3 Å². The first-order valence-electron chi connectivity index (χ1n) is 4.12. The predicted octanol–water partition coefficient (Wildman–Crippen LogP) is 2.09. The van der Waals surface area contributed by atoms with E-state index in [1.54, 1.807) is 14.0 Å². The van der Waals surface area contributed by atoms with Crippen molar-refractivity contribution in [1.82, 2.24) is 4.90 Å². The van der Waals surface area contributed by atoms with E-state index in [2.05, 4.69) is 0 Å². The molecule has 72 valence electrons. The molecular formula is C8H16ClNO2. The van der Waals surface area contributed by atoms with Gasteiger partial charge in [-0.25, -0.2) is 4.79 Å². The van der Waals surface area contributed by atoms with Gasteiger partial charge in [0, 0.05) is 19.0 Å². The van der Waals surface area contributed by atoms with Crippen LogP contribution in [0.25, 0.3) is 0 Å². The van der Waals surface area contributed by atoms with Gasteiger partial charge in [0.05, 0.1) is 6.61 Å². The highest BCUT2D eigenvalue weighted by atomic mass is 35.5. The molecule has 0 fully saturated rings. The number of ether oxygens (including phenoxy) is 1. The van der Waals surface area contributed by atoms with Crippen molar-refractivity contribution in [2.75, 3.05) is 19.5 Å². The van der Waals surface area contributed by atoms with E-state index < -0.39 is 0 Å². The molecule has 0 radical (unpaired) electrons. The molecule has 12 heavy (non-hydrogen) atoms. The van der Waals surface area contributed by atoms with Crippen LogP contribution in [-0.4, -0.2) is 36.6 Å². The van der Waals surface area contributed by atoms with Crippen LogP contribution in [0.5, 0.6) is 0 Å². The summed E-state index contributed by atoms with van der Waals surface area (Å²) in [6.07, 6.45) is 0.545. The third kappa shape index (κ3) is 3.30. The number of nitrogens with zero attached hydrogens (tertiary/aromatic N) is 1. The van der Waals surface area contributed by atoms with Gasteiger partial charge in [-0.1, -0.05) is 6.92 Å². The average Bonchev–Trinajstić information content (AvgIpc) is 2.07. The summed E-state index contributed by atoms with van der Waals surface area (Å²) in [5.41, 5.74) is 0. The summed E-state index contributed by atoms with van der Waals surface area (Å²) in [6.45, 7) is 4.18. The van der Waals surface area contributed by atoms with Gasteiger partial charge in [0.25, 0.3) is 0 Å². The first kappa shape index (κ1) is 11.6. The van der Waals surface area contributed by atoms with Crippen molar-refractivity contribution >= 4 is 17.7 Å². The molecule has 0 N–H and O–H groups in total. The Hall–Kier alpha value is -0.440. The summed E-state index contributed by atoms with van der Waals surface area (Å²) >= 11 is 5.66. The zero-order valence-corrected chi connectivity index (χ0v) is 8.60. The lowest BCUT2D eigenvalue weighted by atomic mass is 10.2. The van der Waals surface area contributed by atoms with Crippen molar-refractivity contribution in [3.8, 4) is 0 Å². The van der Waals surface area contributed by atoms with Gasteiger partial charge in [0.15, 0.2) is 0 Å². The van der Waals surface area contributed by atoms with Crippen molar-refractivity contribution < 1.29 is 9.53 Å². The normalized spacial score (nSPS) is 12.3. The maximum absolute atomic E-state index is 11.1. The van der Waals surface area contributed by atoms with Crippen molar-refractivity contribution in [3.63, 3.8) is 0 Å². The van der Waals surface area contributed by atoms with E-state index in [-0.39, 0.29) is 12.1 Å². The Balaban J connectivity index is 3.96. The third-order valence-corrected chi connectivity index (χ3v) is 2.11. The van der Waals surface area contributed by atoms with E-state index in [1.807, 2.05) is 6.92 Å². The van der Waals surface area contributed by atoms with Gasteiger partial charge in [0.2, 0.25) is 0 Å². The molecule has 1 unspecified atom stereocenters. The number of amides is 1. The number of hydrogen-bond acceptors (Lipinski definition) is 2. The largest absolute Gasteiger partial charge is 0.450 e. The van der Waals surface area contributed by atoms with Crippen LogP contribution < -0.4 is 0 Å². The van der Waals surface area contributed by atoms with Crippen LogP contribution >= 0.6 is 11.6 Å². The summed E-state index contributed by atoms with van der Waals surface area (Å²) < 4.78 is 4.82. The number of rotatable bonds is 4. The van der Waals surface area contributed by atoms with Gasteiger partial charge in [-0.05, 0) is 13.3 Å². The molecule has 0 aromatic heterocycles. The Kier molecular flexibility index (Phi) is 5.89. The number of halogens is 1. The van der Waals surface area contributed by atoms with Crippen LogP contribution in [0.15, 0.2) is 0 Å². The molecule has 0 aliphatic rings. The molecule has 0 aliphatic carbocycles. The molecule has 0 aliphatic heterocycles. The smallest absolute Gasteiger partial charge is 0.409 e. The molecule has 4 heteroatoms. The summed E-state index contributed by atoms with van der Waals surface area (Å²) in [4.78, 5) is 12.7.